The van der Waals surface area contributed by atoms with E-state index in [1.165, 1.54) is 0 Å². The van der Waals surface area contributed by atoms with E-state index < -0.39 is 11.9 Å². The van der Waals surface area contributed by atoms with Gasteiger partial charge in [-0.1, -0.05) is 0 Å². The van der Waals surface area contributed by atoms with E-state index in [-0.39, 0.29) is 5.22 Å². The van der Waals surface area contributed by atoms with Crippen LogP contribution in [0, 0.1) is 0 Å². The Morgan fingerprint density at radius 1 is 1.67 bits per heavy atom. The van der Waals surface area contributed by atoms with Crippen LogP contribution in [0.2, 0.25) is 5.22 Å². The monoisotopic (exact) mass is 229 g/mol. The second-order valence-corrected chi connectivity index (χ2v) is 4.09. The van der Waals surface area contributed by atoms with Crippen LogP contribution in [0.4, 0.5) is 0 Å². The molecule has 82 valence electrons. The Morgan fingerprint density at radius 2 is 2.40 bits per heavy atom. The van der Waals surface area contributed by atoms with Gasteiger partial charge in [-0.05, 0) is 36.6 Å². The second-order valence-electron chi connectivity index (χ2n) is 3.72. The average Bonchev–Trinajstić information content (AvgIpc) is 2.89. The molecule has 0 spiro atoms. The third-order valence-electron chi connectivity index (χ3n) is 2.42. The molecule has 0 aliphatic heterocycles. The van der Waals surface area contributed by atoms with Crippen LogP contribution in [-0.4, -0.2) is 23.7 Å². The van der Waals surface area contributed by atoms with Gasteiger partial charge in [0.25, 0.3) is 0 Å². The van der Waals surface area contributed by atoms with Crippen LogP contribution in [0.3, 0.4) is 0 Å². The van der Waals surface area contributed by atoms with E-state index in [1.807, 2.05) is 0 Å². The fourth-order valence-corrected chi connectivity index (χ4v) is 1.55. The van der Waals surface area contributed by atoms with Gasteiger partial charge in [-0.2, -0.15) is 0 Å². The SMILES string of the molecule is O=C(O)C(CNC1CC1)c1ccc(Cl)o1. The lowest BCUT2D eigenvalue weighted by Gasteiger charge is -2.09. The number of aliphatic carboxylic acids is 1. The summed E-state index contributed by atoms with van der Waals surface area (Å²) in [5, 5.41) is 12.4. The van der Waals surface area contributed by atoms with E-state index in [4.69, 9.17) is 21.1 Å². The lowest BCUT2D eigenvalue weighted by atomic mass is 10.1. The molecule has 4 nitrogen and oxygen atoms in total. The summed E-state index contributed by atoms with van der Waals surface area (Å²) in [5.74, 6) is -1.15. The Bertz CT molecular complexity index is 359. The van der Waals surface area contributed by atoms with Crippen molar-refractivity contribution in [1.29, 1.82) is 0 Å². The molecule has 1 heterocycles. The van der Waals surface area contributed by atoms with Crippen molar-refractivity contribution in [3.05, 3.63) is 23.1 Å². The van der Waals surface area contributed by atoms with E-state index in [1.54, 1.807) is 12.1 Å². The molecular formula is C10H12ClNO3. The summed E-state index contributed by atoms with van der Waals surface area (Å²) < 4.78 is 5.10. The van der Waals surface area contributed by atoms with Crippen LogP contribution in [0.15, 0.2) is 16.5 Å². The van der Waals surface area contributed by atoms with E-state index in [0.29, 0.717) is 18.3 Å². The zero-order valence-electron chi connectivity index (χ0n) is 8.07. The van der Waals surface area contributed by atoms with Gasteiger partial charge in [0.2, 0.25) is 0 Å². The molecule has 0 amide bonds. The van der Waals surface area contributed by atoms with Crippen molar-refractivity contribution < 1.29 is 14.3 Å². The maximum atomic E-state index is 11.0. The van der Waals surface area contributed by atoms with Crippen LogP contribution < -0.4 is 5.32 Å². The van der Waals surface area contributed by atoms with Crippen molar-refractivity contribution in [3.8, 4) is 0 Å². The zero-order chi connectivity index (χ0) is 10.8. The van der Waals surface area contributed by atoms with Crippen molar-refractivity contribution in [1.82, 2.24) is 5.32 Å². The Morgan fingerprint density at radius 3 is 2.87 bits per heavy atom. The molecule has 1 aromatic heterocycles. The van der Waals surface area contributed by atoms with E-state index in [9.17, 15) is 4.79 Å². The summed E-state index contributed by atoms with van der Waals surface area (Å²) in [4.78, 5) is 11.0. The van der Waals surface area contributed by atoms with Crippen LogP contribution in [0.5, 0.6) is 0 Å². The van der Waals surface area contributed by atoms with Crippen molar-refractivity contribution in [2.24, 2.45) is 0 Å². The molecule has 15 heavy (non-hydrogen) atoms. The zero-order valence-corrected chi connectivity index (χ0v) is 8.83. The first-order chi connectivity index (χ1) is 7.16. The number of carbonyl (C=O) groups is 1. The highest BCUT2D eigenvalue weighted by Gasteiger charge is 2.27. The number of nitrogens with one attached hydrogen (secondary N) is 1. The minimum absolute atomic E-state index is 0.225. The molecule has 5 heteroatoms. The summed E-state index contributed by atoms with van der Waals surface area (Å²) in [6.07, 6.45) is 2.26. The Hall–Kier alpha value is -1.00. The fourth-order valence-electron chi connectivity index (χ4n) is 1.40. The summed E-state index contributed by atoms with van der Waals surface area (Å²) >= 11 is 5.60. The van der Waals surface area contributed by atoms with Gasteiger partial charge in [-0.25, -0.2) is 0 Å². The van der Waals surface area contributed by atoms with Gasteiger partial charge in [0.05, 0.1) is 0 Å². The van der Waals surface area contributed by atoms with Crippen LogP contribution >= 0.6 is 11.6 Å². The molecule has 0 radical (unpaired) electrons. The maximum Gasteiger partial charge on any atom is 0.315 e. The van der Waals surface area contributed by atoms with Gasteiger partial charge in [-0.3, -0.25) is 4.79 Å². The number of carboxylic acids is 1. The molecule has 1 fully saturated rings. The lowest BCUT2D eigenvalue weighted by molar-refractivity contribution is -0.139. The predicted molar refractivity (Wildman–Crippen MR) is 55.1 cm³/mol. The number of furan rings is 1. The quantitative estimate of drug-likeness (QED) is 0.809. The third-order valence-corrected chi connectivity index (χ3v) is 2.63. The molecule has 2 N–H and O–H groups in total. The van der Waals surface area contributed by atoms with Gasteiger partial charge in [0.1, 0.15) is 11.7 Å². The van der Waals surface area contributed by atoms with Gasteiger partial charge >= 0.3 is 5.97 Å². The molecule has 0 bridgehead atoms. The predicted octanol–water partition coefficient (Wildman–Crippen LogP) is 1.85. The maximum absolute atomic E-state index is 11.0. The minimum atomic E-state index is -0.894. The van der Waals surface area contributed by atoms with Crippen molar-refractivity contribution in [2.75, 3.05) is 6.54 Å². The topological polar surface area (TPSA) is 62.5 Å². The van der Waals surface area contributed by atoms with Gasteiger partial charge in [0.15, 0.2) is 5.22 Å². The largest absolute Gasteiger partial charge is 0.481 e. The molecule has 1 aromatic rings. The van der Waals surface area contributed by atoms with Crippen molar-refractivity contribution in [2.45, 2.75) is 24.8 Å². The molecule has 0 saturated heterocycles. The molecule has 1 aliphatic carbocycles. The third kappa shape index (κ3) is 2.73. The van der Waals surface area contributed by atoms with Crippen LogP contribution in [0.25, 0.3) is 0 Å². The number of hydrogen-bond acceptors (Lipinski definition) is 3. The normalized spacial score (nSPS) is 17.7. The van der Waals surface area contributed by atoms with Crippen LogP contribution in [-0.2, 0) is 4.79 Å². The summed E-state index contributed by atoms with van der Waals surface area (Å²) in [5.41, 5.74) is 0. The van der Waals surface area contributed by atoms with E-state index in [0.717, 1.165) is 12.8 Å². The molecule has 1 saturated carbocycles. The first-order valence-electron chi connectivity index (χ1n) is 4.88. The number of carboxylic acid groups (broad SMARTS) is 1. The smallest absolute Gasteiger partial charge is 0.315 e. The highest BCUT2D eigenvalue weighted by atomic mass is 35.5. The number of hydrogen-bond donors (Lipinski definition) is 2. The molecule has 1 atom stereocenters. The second kappa shape index (κ2) is 4.24. The number of rotatable bonds is 5. The van der Waals surface area contributed by atoms with Gasteiger partial charge in [0, 0.05) is 12.6 Å². The van der Waals surface area contributed by atoms with Gasteiger partial charge in [-0.15, -0.1) is 0 Å². The van der Waals surface area contributed by atoms with E-state index in [2.05, 4.69) is 5.32 Å². The van der Waals surface area contributed by atoms with Crippen molar-refractivity contribution >= 4 is 17.6 Å². The first-order valence-corrected chi connectivity index (χ1v) is 5.26. The average molecular weight is 230 g/mol. The Balaban J connectivity index is 2.01. The lowest BCUT2D eigenvalue weighted by Crippen LogP contribution is -2.27. The first kappa shape index (κ1) is 10.5. The Labute approximate surface area is 92.2 Å². The summed E-state index contributed by atoms with van der Waals surface area (Å²) in [7, 11) is 0. The fraction of sp³-hybridized carbons (Fsp3) is 0.500. The molecule has 2 rings (SSSR count). The van der Waals surface area contributed by atoms with Crippen LogP contribution in [0.1, 0.15) is 24.5 Å². The highest BCUT2D eigenvalue weighted by molar-refractivity contribution is 6.28. The highest BCUT2D eigenvalue weighted by Crippen LogP contribution is 2.24. The molecule has 0 aromatic carbocycles. The van der Waals surface area contributed by atoms with Crippen molar-refractivity contribution in [3.63, 3.8) is 0 Å². The molecular weight excluding hydrogens is 218 g/mol. The summed E-state index contributed by atoms with van der Waals surface area (Å²) in [6, 6.07) is 3.65. The molecule has 1 aliphatic rings. The minimum Gasteiger partial charge on any atom is -0.481 e. The Kier molecular flexibility index (Phi) is 2.98. The molecule has 1 unspecified atom stereocenters. The summed E-state index contributed by atoms with van der Waals surface area (Å²) in [6.45, 7) is 0.393. The number of halogens is 1. The van der Waals surface area contributed by atoms with Gasteiger partial charge < -0.3 is 14.8 Å². The van der Waals surface area contributed by atoms with E-state index >= 15 is 0 Å². The standard InChI is InChI=1S/C10H12ClNO3/c11-9-4-3-8(15-9)7(10(13)14)5-12-6-1-2-6/h3-4,6-7,12H,1-2,5H2,(H,13,14).